The SMILES string of the molecule is CC1CCC(C)N1C(C)C(=O)Nc1cnc(Br)cn1. The minimum Gasteiger partial charge on any atom is -0.308 e. The summed E-state index contributed by atoms with van der Waals surface area (Å²) in [5, 5.41) is 2.81. The minimum absolute atomic E-state index is 0.0303. The highest BCUT2D eigenvalue weighted by Crippen LogP contribution is 2.26. The molecule has 0 aromatic carbocycles. The molecule has 19 heavy (non-hydrogen) atoms. The molecule has 1 N–H and O–H groups in total. The molecule has 104 valence electrons. The molecule has 0 saturated carbocycles. The molecule has 0 radical (unpaired) electrons. The molecule has 5 nitrogen and oxygen atoms in total. The molecule has 3 atom stereocenters. The molecule has 3 unspecified atom stereocenters. The van der Waals surface area contributed by atoms with E-state index >= 15 is 0 Å². The standard InChI is InChI=1S/C13H19BrN4O/c1-8-4-5-9(2)18(8)10(3)13(19)17-12-7-15-11(14)6-16-12/h6-10H,4-5H2,1-3H3,(H,16,17,19). The van der Waals surface area contributed by atoms with Crippen molar-refractivity contribution >= 4 is 27.7 Å². The van der Waals surface area contributed by atoms with Crippen molar-refractivity contribution in [1.29, 1.82) is 0 Å². The van der Waals surface area contributed by atoms with Gasteiger partial charge in [-0.15, -0.1) is 0 Å². The number of hydrogen-bond acceptors (Lipinski definition) is 4. The third kappa shape index (κ3) is 3.30. The molecule has 0 aliphatic carbocycles. The topological polar surface area (TPSA) is 58.1 Å². The van der Waals surface area contributed by atoms with Gasteiger partial charge in [0.15, 0.2) is 5.82 Å². The van der Waals surface area contributed by atoms with E-state index in [0.29, 0.717) is 22.5 Å². The predicted octanol–water partition coefficient (Wildman–Crippen LogP) is 2.44. The van der Waals surface area contributed by atoms with Gasteiger partial charge in [-0.3, -0.25) is 9.69 Å². The number of hydrogen-bond donors (Lipinski definition) is 1. The molecule has 0 bridgehead atoms. The molecule has 6 heteroatoms. The number of amides is 1. The lowest BCUT2D eigenvalue weighted by Crippen LogP contribution is -2.46. The molecule has 1 aromatic heterocycles. The average Bonchev–Trinajstić information content (AvgIpc) is 2.71. The number of nitrogens with one attached hydrogen (secondary N) is 1. The summed E-state index contributed by atoms with van der Waals surface area (Å²) in [7, 11) is 0. The first kappa shape index (κ1) is 14.4. The van der Waals surface area contributed by atoms with Crippen molar-refractivity contribution in [2.75, 3.05) is 5.32 Å². The smallest absolute Gasteiger partial charge is 0.242 e. The van der Waals surface area contributed by atoms with Crippen LogP contribution in [0.1, 0.15) is 33.6 Å². The predicted molar refractivity (Wildman–Crippen MR) is 77.8 cm³/mol. The molecule has 1 aliphatic rings. The maximum absolute atomic E-state index is 12.2. The van der Waals surface area contributed by atoms with Crippen LogP contribution in [-0.2, 0) is 4.79 Å². The van der Waals surface area contributed by atoms with Crippen LogP contribution in [-0.4, -0.2) is 38.9 Å². The van der Waals surface area contributed by atoms with Gasteiger partial charge in [-0.1, -0.05) is 0 Å². The Kier molecular flexibility index (Phi) is 4.52. The number of carbonyl (C=O) groups is 1. The van der Waals surface area contributed by atoms with E-state index in [0.717, 1.165) is 12.8 Å². The Hall–Kier alpha value is -1.01. The van der Waals surface area contributed by atoms with Gasteiger partial charge < -0.3 is 5.32 Å². The Bertz CT molecular complexity index is 440. The summed E-state index contributed by atoms with van der Waals surface area (Å²) < 4.78 is 0.653. The maximum Gasteiger partial charge on any atom is 0.242 e. The van der Waals surface area contributed by atoms with Gasteiger partial charge in [-0.2, -0.15) is 0 Å². The maximum atomic E-state index is 12.2. The molecule has 2 heterocycles. The summed E-state index contributed by atoms with van der Waals surface area (Å²) in [6.07, 6.45) is 5.42. The summed E-state index contributed by atoms with van der Waals surface area (Å²) in [6.45, 7) is 6.29. The molecule has 2 rings (SSSR count). The van der Waals surface area contributed by atoms with Crippen LogP contribution >= 0.6 is 15.9 Å². The Labute approximate surface area is 121 Å². The number of carbonyl (C=O) groups excluding carboxylic acids is 1. The van der Waals surface area contributed by atoms with Gasteiger partial charge in [0, 0.05) is 12.1 Å². The monoisotopic (exact) mass is 326 g/mol. The lowest BCUT2D eigenvalue weighted by molar-refractivity contribution is -0.121. The minimum atomic E-state index is -0.155. The van der Waals surface area contributed by atoms with Gasteiger partial charge >= 0.3 is 0 Å². The fourth-order valence-electron chi connectivity index (χ4n) is 2.72. The second-order valence-corrected chi connectivity index (χ2v) is 5.92. The first-order valence-electron chi connectivity index (χ1n) is 6.55. The van der Waals surface area contributed by atoms with Crippen LogP contribution in [0.25, 0.3) is 0 Å². The van der Waals surface area contributed by atoms with E-state index in [9.17, 15) is 4.79 Å². The van der Waals surface area contributed by atoms with E-state index in [1.54, 1.807) is 12.4 Å². The number of likely N-dealkylation sites (tertiary alicyclic amines) is 1. The number of anilines is 1. The van der Waals surface area contributed by atoms with Crippen LogP contribution in [0.15, 0.2) is 17.0 Å². The van der Waals surface area contributed by atoms with Crippen molar-refractivity contribution in [2.45, 2.75) is 51.7 Å². The van der Waals surface area contributed by atoms with Crippen LogP contribution in [0.3, 0.4) is 0 Å². The largest absolute Gasteiger partial charge is 0.308 e. The van der Waals surface area contributed by atoms with Gasteiger partial charge in [0.25, 0.3) is 0 Å². The van der Waals surface area contributed by atoms with Crippen molar-refractivity contribution in [2.24, 2.45) is 0 Å². The molecule has 1 aromatic rings. The fraction of sp³-hybridized carbons (Fsp3) is 0.615. The fourth-order valence-corrected chi connectivity index (χ4v) is 2.93. The molecular formula is C13H19BrN4O. The zero-order valence-electron chi connectivity index (χ0n) is 11.4. The Morgan fingerprint density at radius 1 is 1.37 bits per heavy atom. The van der Waals surface area contributed by atoms with Crippen molar-refractivity contribution < 1.29 is 4.79 Å². The van der Waals surface area contributed by atoms with E-state index < -0.39 is 0 Å². The number of nitrogens with zero attached hydrogens (tertiary/aromatic N) is 3. The Morgan fingerprint density at radius 2 is 2.00 bits per heavy atom. The van der Waals surface area contributed by atoms with E-state index in [2.05, 4.69) is 50.0 Å². The highest BCUT2D eigenvalue weighted by atomic mass is 79.9. The summed E-state index contributed by atoms with van der Waals surface area (Å²) in [5.41, 5.74) is 0. The van der Waals surface area contributed by atoms with E-state index in [4.69, 9.17) is 0 Å². The zero-order chi connectivity index (χ0) is 14.0. The molecule has 1 amide bonds. The summed E-state index contributed by atoms with van der Waals surface area (Å²) in [4.78, 5) is 22.7. The van der Waals surface area contributed by atoms with Gasteiger partial charge in [-0.05, 0) is 49.5 Å². The van der Waals surface area contributed by atoms with Gasteiger partial charge in [0.05, 0.1) is 18.4 Å². The molecule has 1 aliphatic heterocycles. The van der Waals surface area contributed by atoms with Crippen LogP contribution in [0, 0.1) is 0 Å². The molecule has 0 spiro atoms. The number of aromatic nitrogens is 2. The van der Waals surface area contributed by atoms with Crippen LogP contribution in [0.2, 0.25) is 0 Å². The Balaban J connectivity index is 2.01. The van der Waals surface area contributed by atoms with E-state index in [-0.39, 0.29) is 11.9 Å². The average molecular weight is 327 g/mol. The molecule has 1 fully saturated rings. The Morgan fingerprint density at radius 3 is 2.53 bits per heavy atom. The first-order valence-corrected chi connectivity index (χ1v) is 7.34. The third-order valence-electron chi connectivity index (χ3n) is 3.72. The lowest BCUT2D eigenvalue weighted by Gasteiger charge is -2.31. The van der Waals surface area contributed by atoms with E-state index in [1.807, 2.05) is 6.92 Å². The number of halogens is 1. The first-order chi connectivity index (χ1) is 8.99. The second kappa shape index (κ2) is 5.96. The van der Waals surface area contributed by atoms with Crippen molar-refractivity contribution in [1.82, 2.24) is 14.9 Å². The third-order valence-corrected chi connectivity index (χ3v) is 4.13. The van der Waals surface area contributed by atoms with Gasteiger partial charge in [0.2, 0.25) is 5.91 Å². The van der Waals surface area contributed by atoms with Gasteiger partial charge in [0.1, 0.15) is 4.60 Å². The highest BCUT2D eigenvalue weighted by Gasteiger charge is 2.34. The summed E-state index contributed by atoms with van der Waals surface area (Å²) in [6, 6.07) is 0.747. The van der Waals surface area contributed by atoms with Crippen molar-refractivity contribution in [3.8, 4) is 0 Å². The van der Waals surface area contributed by atoms with Crippen LogP contribution in [0.4, 0.5) is 5.82 Å². The lowest BCUT2D eigenvalue weighted by atomic mass is 10.2. The summed E-state index contributed by atoms with van der Waals surface area (Å²) in [5.74, 6) is 0.455. The normalized spacial score (nSPS) is 25.3. The quantitative estimate of drug-likeness (QED) is 0.926. The second-order valence-electron chi connectivity index (χ2n) is 5.11. The van der Waals surface area contributed by atoms with Crippen molar-refractivity contribution in [3.05, 3.63) is 17.0 Å². The zero-order valence-corrected chi connectivity index (χ0v) is 13.0. The van der Waals surface area contributed by atoms with Crippen LogP contribution in [0.5, 0.6) is 0 Å². The molecule has 1 saturated heterocycles. The number of rotatable bonds is 3. The van der Waals surface area contributed by atoms with Gasteiger partial charge in [-0.25, -0.2) is 9.97 Å². The highest BCUT2D eigenvalue weighted by molar-refractivity contribution is 9.10. The molecular weight excluding hydrogens is 308 g/mol. The van der Waals surface area contributed by atoms with Crippen molar-refractivity contribution in [3.63, 3.8) is 0 Å². The summed E-state index contributed by atoms with van der Waals surface area (Å²) >= 11 is 3.22. The van der Waals surface area contributed by atoms with Crippen LogP contribution < -0.4 is 5.32 Å². The van der Waals surface area contributed by atoms with E-state index in [1.165, 1.54) is 0 Å².